The summed E-state index contributed by atoms with van der Waals surface area (Å²) in [5, 5.41) is 3.08. The molecule has 0 aromatic heterocycles. The Hall–Kier alpha value is -2.68. The van der Waals surface area contributed by atoms with Gasteiger partial charge in [0.25, 0.3) is 0 Å². The van der Waals surface area contributed by atoms with Crippen LogP contribution < -0.4 is 10.1 Å². The van der Waals surface area contributed by atoms with Crippen molar-refractivity contribution < 1.29 is 28.2 Å². The second-order valence-corrected chi connectivity index (χ2v) is 9.59. The highest BCUT2D eigenvalue weighted by Crippen LogP contribution is 2.32. The summed E-state index contributed by atoms with van der Waals surface area (Å²) in [6.45, 7) is 3.45. The van der Waals surface area contributed by atoms with Gasteiger partial charge in [-0.3, -0.25) is 14.4 Å². The highest BCUT2D eigenvalue weighted by atomic mass is 19.1. The minimum absolute atomic E-state index is 0.0108. The quantitative estimate of drug-likeness (QED) is 0.651. The zero-order valence-electron chi connectivity index (χ0n) is 19.8. The summed E-state index contributed by atoms with van der Waals surface area (Å²) in [6.07, 6.45) is 3.92. The number of nitrogens with one attached hydrogen (secondary N) is 1. The number of hydrogen-bond donors (Lipinski definition) is 1. The highest BCUT2D eigenvalue weighted by molar-refractivity contribution is 5.82. The van der Waals surface area contributed by atoms with Crippen molar-refractivity contribution in [3.63, 3.8) is 0 Å². The van der Waals surface area contributed by atoms with E-state index in [0.29, 0.717) is 65.1 Å². The van der Waals surface area contributed by atoms with Gasteiger partial charge in [-0.1, -0.05) is 6.07 Å². The predicted octanol–water partition coefficient (Wildman–Crippen LogP) is 1.90. The van der Waals surface area contributed by atoms with E-state index in [9.17, 15) is 18.8 Å². The van der Waals surface area contributed by atoms with E-state index in [0.717, 1.165) is 18.4 Å². The monoisotopic (exact) mass is 475 g/mol. The molecule has 0 bridgehead atoms. The Morgan fingerprint density at radius 3 is 2.74 bits per heavy atom. The average molecular weight is 476 g/mol. The normalized spacial score (nSPS) is 25.2. The Kier molecular flexibility index (Phi) is 7.70. The zero-order chi connectivity index (χ0) is 24.1. The standard InChI is InChI=1S/C25H34FN3O5/c1-33-21-15-18(4-5-20(21)26)16-25(8-6-22(30)27-25)9-7-23(31)29-10-2-3-19(17-29)24(32)28-11-13-34-14-12-28/h4-5,15,19H,2-3,6-14,16-17H2,1H3,(H,27,30)/t19-,25+/m1/s1. The van der Waals surface area contributed by atoms with E-state index in [1.165, 1.54) is 13.2 Å². The summed E-state index contributed by atoms with van der Waals surface area (Å²) in [5.41, 5.74) is 0.302. The molecule has 0 spiro atoms. The van der Waals surface area contributed by atoms with Gasteiger partial charge in [-0.05, 0) is 49.8 Å². The molecule has 3 saturated heterocycles. The third-order valence-corrected chi connectivity index (χ3v) is 7.26. The van der Waals surface area contributed by atoms with E-state index in [2.05, 4.69) is 5.32 Å². The maximum Gasteiger partial charge on any atom is 0.227 e. The number of morpholine rings is 1. The van der Waals surface area contributed by atoms with Crippen LogP contribution in [0, 0.1) is 11.7 Å². The minimum atomic E-state index is -0.547. The van der Waals surface area contributed by atoms with E-state index in [1.807, 2.05) is 4.90 Å². The lowest BCUT2D eigenvalue weighted by atomic mass is 9.84. The first-order valence-corrected chi connectivity index (χ1v) is 12.2. The molecule has 1 N–H and O–H groups in total. The number of halogens is 1. The number of piperidine rings is 1. The molecule has 3 aliphatic rings. The number of carbonyl (C=O) groups is 3. The lowest BCUT2D eigenvalue weighted by Crippen LogP contribution is -2.50. The van der Waals surface area contributed by atoms with Crippen LogP contribution in [-0.2, 0) is 25.5 Å². The Balaban J connectivity index is 1.37. The molecular formula is C25H34FN3O5. The molecule has 0 saturated carbocycles. The first-order chi connectivity index (χ1) is 16.4. The largest absolute Gasteiger partial charge is 0.494 e. The first kappa shape index (κ1) is 24.4. The molecule has 3 heterocycles. The first-order valence-electron chi connectivity index (χ1n) is 12.2. The number of amides is 3. The van der Waals surface area contributed by atoms with E-state index in [-0.39, 0.29) is 35.8 Å². The van der Waals surface area contributed by atoms with E-state index in [1.54, 1.807) is 17.0 Å². The van der Waals surface area contributed by atoms with Gasteiger partial charge in [0, 0.05) is 44.6 Å². The summed E-state index contributed by atoms with van der Waals surface area (Å²) < 4.78 is 24.3. The number of carbonyl (C=O) groups excluding carboxylic acids is 3. The van der Waals surface area contributed by atoms with Crippen molar-refractivity contribution in [2.24, 2.45) is 5.92 Å². The number of benzene rings is 1. The third-order valence-electron chi connectivity index (χ3n) is 7.26. The van der Waals surface area contributed by atoms with Gasteiger partial charge in [0.05, 0.1) is 26.2 Å². The number of hydrogen-bond acceptors (Lipinski definition) is 5. The lowest BCUT2D eigenvalue weighted by Gasteiger charge is -2.37. The van der Waals surface area contributed by atoms with Crippen LogP contribution in [0.4, 0.5) is 4.39 Å². The van der Waals surface area contributed by atoms with Crippen molar-refractivity contribution in [2.75, 3.05) is 46.5 Å². The average Bonchev–Trinajstić information content (AvgIpc) is 3.24. The smallest absolute Gasteiger partial charge is 0.227 e. The molecule has 0 radical (unpaired) electrons. The van der Waals surface area contributed by atoms with Gasteiger partial charge in [-0.25, -0.2) is 4.39 Å². The van der Waals surface area contributed by atoms with Crippen LogP contribution in [0.15, 0.2) is 18.2 Å². The topological polar surface area (TPSA) is 88.2 Å². The summed E-state index contributed by atoms with van der Waals surface area (Å²) in [5.74, 6) is -0.338. The molecular weight excluding hydrogens is 441 g/mol. The van der Waals surface area contributed by atoms with Gasteiger partial charge in [0.2, 0.25) is 17.7 Å². The van der Waals surface area contributed by atoms with Crippen LogP contribution in [0.3, 0.4) is 0 Å². The Morgan fingerprint density at radius 1 is 1.24 bits per heavy atom. The summed E-state index contributed by atoms with van der Waals surface area (Å²) in [4.78, 5) is 41.8. The fourth-order valence-corrected chi connectivity index (χ4v) is 5.34. The molecule has 186 valence electrons. The minimum Gasteiger partial charge on any atom is -0.494 e. The van der Waals surface area contributed by atoms with Crippen LogP contribution in [0.1, 0.15) is 44.1 Å². The second kappa shape index (κ2) is 10.7. The van der Waals surface area contributed by atoms with Gasteiger partial charge in [-0.15, -0.1) is 0 Å². The van der Waals surface area contributed by atoms with Gasteiger partial charge >= 0.3 is 0 Å². The molecule has 1 aromatic rings. The molecule has 0 unspecified atom stereocenters. The molecule has 3 amide bonds. The van der Waals surface area contributed by atoms with Gasteiger partial charge < -0.3 is 24.6 Å². The molecule has 3 fully saturated rings. The predicted molar refractivity (Wildman–Crippen MR) is 123 cm³/mol. The molecule has 3 aliphatic heterocycles. The van der Waals surface area contributed by atoms with Crippen molar-refractivity contribution in [2.45, 2.75) is 50.5 Å². The number of likely N-dealkylation sites (tertiary alicyclic amines) is 1. The molecule has 0 aliphatic carbocycles. The van der Waals surface area contributed by atoms with Crippen LogP contribution >= 0.6 is 0 Å². The second-order valence-electron chi connectivity index (χ2n) is 9.59. The summed E-state index contributed by atoms with van der Waals surface area (Å²) in [7, 11) is 1.42. The number of methoxy groups -OCH3 is 1. The van der Waals surface area contributed by atoms with E-state index in [4.69, 9.17) is 9.47 Å². The van der Waals surface area contributed by atoms with Crippen molar-refractivity contribution in [1.82, 2.24) is 15.1 Å². The Bertz CT molecular complexity index is 920. The molecule has 34 heavy (non-hydrogen) atoms. The van der Waals surface area contributed by atoms with Crippen LogP contribution in [0.5, 0.6) is 5.75 Å². The SMILES string of the molecule is COc1cc(C[C@@]2(CCC(=O)N3CCC[C@@H](C(=O)N4CCOCC4)C3)CCC(=O)N2)ccc1F. The number of ether oxygens (including phenoxy) is 2. The molecule has 2 atom stereocenters. The van der Waals surface area contributed by atoms with Crippen LogP contribution in [0.2, 0.25) is 0 Å². The van der Waals surface area contributed by atoms with Crippen molar-refractivity contribution in [3.05, 3.63) is 29.6 Å². The zero-order valence-corrected chi connectivity index (χ0v) is 19.8. The van der Waals surface area contributed by atoms with Crippen molar-refractivity contribution in [3.8, 4) is 5.75 Å². The van der Waals surface area contributed by atoms with Gasteiger partial charge in [-0.2, -0.15) is 0 Å². The van der Waals surface area contributed by atoms with Crippen LogP contribution in [0.25, 0.3) is 0 Å². The number of rotatable bonds is 7. The highest BCUT2D eigenvalue weighted by Gasteiger charge is 2.39. The van der Waals surface area contributed by atoms with Crippen molar-refractivity contribution in [1.29, 1.82) is 0 Å². The fourth-order valence-electron chi connectivity index (χ4n) is 5.34. The third kappa shape index (κ3) is 5.68. The summed E-state index contributed by atoms with van der Waals surface area (Å²) >= 11 is 0. The van der Waals surface area contributed by atoms with Gasteiger partial charge in [0.15, 0.2) is 11.6 Å². The molecule has 9 heteroatoms. The Labute approximate surface area is 199 Å². The maximum atomic E-state index is 13.8. The van der Waals surface area contributed by atoms with E-state index < -0.39 is 11.4 Å². The Morgan fingerprint density at radius 2 is 2.03 bits per heavy atom. The summed E-state index contributed by atoms with van der Waals surface area (Å²) in [6, 6.07) is 4.71. The van der Waals surface area contributed by atoms with Crippen molar-refractivity contribution >= 4 is 17.7 Å². The number of nitrogens with zero attached hydrogens (tertiary/aromatic N) is 2. The maximum absolute atomic E-state index is 13.8. The molecule has 1 aromatic carbocycles. The fraction of sp³-hybridized carbons (Fsp3) is 0.640. The molecule has 8 nitrogen and oxygen atoms in total. The molecule has 4 rings (SSSR count). The lowest BCUT2D eigenvalue weighted by molar-refractivity contribution is -0.144. The van der Waals surface area contributed by atoms with Crippen LogP contribution in [-0.4, -0.2) is 79.6 Å². The van der Waals surface area contributed by atoms with Gasteiger partial charge in [0.1, 0.15) is 0 Å². The van der Waals surface area contributed by atoms with E-state index >= 15 is 0 Å².